The highest BCUT2D eigenvalue weighted by molar-refractivity contribution is 7.13. The molecule has 2 aromatic heterocycles. The summed E-state index contributed by atoms with van der Waals surface area (Å²) >= 11 is 1.66. The molecule has 1 aliphatic carbocycles. The van der Waals surface area contributed by atoms with Gasteiger partial charge in [0.1, 0.15) is 5.01 Å². The Morgan fingerprint density at radius 2 is 2.33 bits per heavy atom. The first kappa shape index (κ1) is 11.8. The Morgan fingerprint density at radius 3 is 3.06 bits per heavy atom. The predicted octanol–water partition coefficient (Wildman–Crippen LogP) is 2.95. The van der Waals surface area contributed by atoms with Crippen LogP contribution in [0, 0.1) is 11.8 Å². The monoisotopic (exact) mass is 259 g/mol. The Morgan fingerprint density at radius 1 is 1.44 bits per heavy atom. The van der Waals surface area contributed by atoms with Crippen molar-refractivity contribution in [3.63, 3.8) is 0 Å². The van der Waals surface area contributed by atoms with Gasteiger partial charge in [0.15, 0.2) is 0 Å². The first-order valence-electron chi connectivity index (χ1n) is 6.39. The largest absolute Gasteiger partial charge is 0.311 e. The van der Waals surface area contributed by atoms with Crippen molar-refractivity contribution >= 4 is 11.3 Å². The number of nitrogens with zero attached hydrogens (tertiary/aromatic N) is 2. The minimum absolute atomic E-state index is 0.868. The molecule has 1 saturated carbocycles. The number of hydrogen-bond donors (Lipinski definition) is 1. The fourth-order valence-corrected chi connectivity index (χ4v) is 2.86. The molecule has 0 spiro atoms. The highest BCUT2D eigenvalue weighted by Crippen LogP contribution is 2.36. The molecule has 0 radical (unpaired) electrons. The minimum Gasteiger partial charge on any atom is -0.311 e. The van der Waals surface area contributed by atoms with Gasteiger partial charge in [-0.15, -0.1) is 11.3 Å². The zero-order chi connectivity index (χ0) is 12.4. The molecule has 1 fully saturated rings. The number of pyridine rings is 1. The number of nitrogens with one attached hydrogen (secondary N) is 1. The smallest absolute Gasteiger partial charge is 0.142 e. The van der Waals surface area contributed by atoms with Gasteiger partial charge >= 0.3 is 0 Å². The summed E-state index contributed by atoms with van der Waals surface area (Å²) in [7, 11) is 0. The van der Waals surface area contributed by atoms with Crippen molar-refractivity contribution in [2.45, 2.75) is 19.9 Å². The van der Waals surface area contributed by atoms with Crippen molar-refractivity contribution in [1.29, 1.82) is 0 Å². The Kier molecular flexibility index (Phi) is 3.39. The molecule has 2 atom stereocenters. The van der Waals surface area contributed by atoms with Crippen LogP contribution in [0.25, 0.3) is 10.7 Å². The second kappa shape index (κ2) is 5.16. The molecular formula is C14H17N3S. The average Bonchev–Trinajstić information content (AvgIpc) is 2.92. The highest BCUT2D eigenvalue weighted by Gasteiger charge is 2.31. The van der Waals surface area contributed by atoms with Gasteiger partial charge in [-0.1, -0.05) is 13.0 Å². The van der Waals surface area contributed by atoms with Crippen LogP contribution in [-0.2, 0) is 6.54 Å². The molecule has 0 aromatic carbocycles. The fraction of sp³-hybridized carbons (Fsp3) is 0.429. The molecule has 4 heteroatoms. The van der Waals surface area contributed by atoms with E-state index in [2.05, 4.69) is 27.6 Å². The maximum absolute atomic E-state index is 4.61. The molecule has 94 valence electrons. The lowest BCUT2D eigenvalue weighted by atomic mass is 10.3. The summed E-state index contributed by atoms with van der Waals surface area (Å²) in [5.74, 6) is 1.80. The first-order valence-corrected chi connectivity index (χ1v) is 7.27. The van der Waals surface area contributed by atoms with E-state index in [1.807, 2.05) is 24.4 Å². The SMILES string of the molecule is CC1CC1CNCc1csc(-c2ccccn2)n1. The van der Waals surface area contributed by atoms with Gasteiger partial charge in [0, 0.05) is 18.1 Å². The van der Waals surface area contributed by atoms with Crippen LogP contribution in [0.1, 0.15) is 19.0 Å². The zero-order valence-corrected chi connectivity index (χ0v) is 11.3. The number of aromatic nitrogens is 2. The molecule has 18 heavy (non-hydrogen) atoms. The van der Waals surface area contributed by atoms with Gasteiger partial charge in [0.25, 0.3) is 0 Å². The van der Waals surface area contributed by atoms with E-state index in [0.717, 1.165) is 41.3 Å². The third-order valence-corrected chi connectivity index (χ3v) is 4.34. The van der Waals surface area contributed by atoms with E-state index in [-0.39, 0.29) is 0 Å². The number of hydrogen-bond acceptors (Lipinski definition) is 4. The highest BCUT2D eigenvalue weighted by atomic mass is 32.1. The van der Waals surface area contributed by atoms with E-state index in [9.17, 15) is 0 Å². The summed E-state index contributed by atoms with van der Waals surface area (Å²) in [5, 5.41) is 6.61. The lowest BCUT2D eigenvalue weighted by molar-refractivity contribution is 0.607. The molecule has 2 heterocycles. The topological polar surface area (TPSA) is 37.8 Å². The van der Waals surface area contributed by atoms with Gasteiger partial charge in [-0.3, -0.25) is 4.98 Å². The summed E-state index contributed by atoms with van der Waals surface area (Å²) in [5.41, 5.74) is 2.08. The summed E-state index contributed by atoms with van der Waals surface area (Å²) in [6, 6.07) is 5.93. The zero-order valence-electron chi connectivity index (χ0n) is 10.5. The molecule has 1 aliphatic rings. The van der Waals surface area contributed by atoms with E-state index in [1.54, 1.807) is 11.3 Å². The minimum atomic E-state index is 0.868. The average molecular weight is 259 g/mol. The normalized spacial score (nSPS) is 22.1. The molecule has 1 N–H and O–H groups in total. The van der Waals surface area contributed by atoms with Crippen molar-refractivity contribution in [3.05, 3.63) is 35.5 Å². The van der Waals surface area contributed by atoms with Crippen molar-refractivity contribution in [1.82, 2.24) is 15.3 Å². The van der Waals surface area contributed by atoms with Gasteiger partial charge in [0.05, 0.1) is 11.4 Å². The van der Waals surface area contributed by atoms with Crippen LogP contribution in [-0.4, -0.2) is 16.5 Å². The van der Waals surface area contributed by atoms with Crippen molar-refractivity contribution in [3.8, 4) is 10.7 Å². The van der Waals surface area contributed by atoms with Crippen LogP contribution in [0.4, 0.5) is 0 Å². The summed E-state index contributed by atoms with van der Waals surface area (Å²) in [6.07, 6.45) is 3.19. The van der Waals surface area contributed by atoms with Gasteiger partial charge in [0.2, 0.25) is 0 Å². The van der Waals surface area contributed by atoms with Crippen molar-refractivity contribution in [2.24, 2.45) is 11.8 Å². The molecule has 3 rings (SSSR count). The van der Waals surface area contributed by atoms with Gasteiger partial charge in [-0.25, -0.2) is 4.98 Å². The fourth-order valence-electron chi connectivity index (χ4n) is 2.06. The summed E-state index contributed by atoms with van der Waals surface area (Å²) < 4.78 is 0. The second-order valence-electron chi connectivity index (χ2n) is 4.96. The predicted molar refractivity (Wildman–Crippen MR) is 74.3 cm³/mol. The number of thiazole rings is 1. The quantitative estimate of drug-likeness (QED) is 0.897. The molecule has 2 unspecified atom stereocenters. The van der Waals surface area contributed by atoms with E-state index < -0.39 is 0 Å². The molecular weight excluding hydrogens is 242 g/mol. The van der Waals surface area contributed by atoms with Gasteiger partial charge in [-0.05, 0) is 36.9 Å². The molecule has 0 aliphatic heterocycles. The molecule has 2 aromatic rings. The Hall–Kier alpha value is -1.26. The molecule has 0 amide bonds. The van der Waals surface area contributed by atoms with E-state index in [0.29, 0.717) is 0 Å². The van der Waals surface area contributed by atoms with Gasteiger partial charge < -0.3 is 5.32 Å². The second-order valence-corrected chi connectivity index (χ2v) is 5.82. The van der Waals surface area contributed by atoms with Crippen molar-refractivity contribution in [2.75, 3.05) is 6.54 Å². The lowest BCUT2D eigenvalue weighted by Gasteiger charge is -2.00. The number of rotatable bonds is 5. The molecule has 0 saturated heterocycles. The maximum atomic E-state index is 4.61. The van der Waals surface area contributed by atoms with E-state index >= 15 is 0 Å². The third kappa shape index (κ3) is 2.76. The van der Waals surface area contributed by atoms with Crippen LogP contribution >= 0.6 is 11.3 Å². The van der Waals surface area contributed by atoms with E-state index in [4.69, 9.17) is 0 Å². The lowest BCUT2D eigenvalue weighted by Crippen LogP contribution is -2.16. The van der Waals surface area contributed by atoms with Gasteiger partial charge in [-0.2, -0.15) is 0 Å². The Balaban J connectivity index is 1.56. The van der Waals surface area contributed by atoms with Crippen LogP contribution in [0.5, 0.6) is 0 Å². The summed E-state index contributed by atoms with van der Waals surface area (Å²) in [6.45, 7) is 4.30. The van der Waals surface area contributed by atoms with E-state index in [1.165, 1.54) is 6.42 Å². The summed E-state index contributed by atoms with van der Waals surface area (Å²) in [4.78, 5) is 8.93. The van der Waals surface area contributed by atoms with Crippen molar-refractivity contribution < 1.29 is 0 Å². The van der Waals surface area contributed by atoms with Crippen LogP contribution in [0.2, 0.25) is 0 Å². The Labute approximate surface area is 111 Å². The third-order valence-electron chi connectivity index (χ3n) is 3.42. The van der Waals surface area contributed by atoms with Crippen LogP contribution < -0.4 is 5.32 Å². The van der Waals surface area contributed by atoms with Crippen LogP contribution in [0.3, 0.4) is 0 Å². The maximum Gasteiger partial charge on any atom is 0.142 e. The van der Waals surface area contributed by atoms with Crippen LogP contribution in [0.15, 0.2) is 29.8 Å². The Bertz CT molecular complexity index is 509. The standard InChI is InChI=1S/C14H17N3S/c1-10-6-11(10)7-15-8-12-9-18-14(17-12)13-4-2-3-5-16-13/h2-5,9-11,15H,6-8H2,1H3. The first-order chi connectivity index (χ1) is 8.83. The molecule has 0 bridgehead atoms. The molecule has 3 nitrogen and oxygen atoms in total.